The van der Waals surface area contributed by atoms with Crippen molar-refractivity contribution >= 4 is 6.48 Å². The summed E-state index contributed by atoms with van der Waals surface area (Å²) in [4.78, 5) is 0. The Morgan fingerprint density at radius 1 is 0.682 bits per heavy atom. The van der Waals surface area contributed by atoms with Crippen LogP contribution in [-0.2, 0) is 51.4 Å². The zero-order chi connectivity index (χ0) is 29.5. The third kappa shape index (κ3) is 7.38. The van der Waals surface area contributed by atoms with Gasteiger partial charge in [0, 0.05) is 0 Å². The first-order chi connectivity index (χ1) is 20.1. The molecule has 2 aliphatic rings. The number of fused-ring (bicyclic) bond motifs is 3. The minimum Gasteiger partial charge on any atom is -1.00 e. The van der Waals surface area contributed by atoms with Crippen LogP contribution in [0.2, 0.25) is 0 Å². The predicted molar refractivity (Wildman–Crippen MR) is 179 cm³/mol. The van der Waals surface area contributed by atoms with E-state index in [0.29, 0.717) is 0 Å². The van der Waals surface area contributed by atoms with E-state index in [0.717, 1.165) is 25.7 Å². The summed E-state index contributed by atoms with van der Waals surface area (Å²) in [7, 11) is 0. The normalized spacial score (nSPS) is 13.2. The minimum absolute atomic E-state index is 0. The molecule has 4 aromatic rings. The van der Waals surface area contributed by atoms with E-state index >= 15 is 0 Å². The van der Waals surface area contributed by atoms with Crippen LogP contribution in [0.3, 0.4) is 0 Å². The molecule has 0 radical (unpaired) electrons. The van der Waals surface area contributed by atoms with Crippen molar-refractivity contribution in [2.45, 2.75) is 78.1 Å². The van der Waals surface area contributed by atoms with Gasteiger partial charge in [-0.05, 0) is 0 Å². The van der Waals surface area contributed by atoms with E-state index in [1.165, 1.54) is 33.4 Å². The molecule has 0 aromatic heterocycles. The summed E-state index contributed by atoms with van der Waals surface area (Å²) in [6.45, 7) is 14.3. The van der Waals surface area contributed by atoms with Gasteiger partial charge in [0.1, 0.15) is 0 Å². The summed E-state index contributed by atoms with van der Waals surface area (Å²) >= 11 is -2.58. The molecule has 0 saturated carbocycles. The maximum absolute atomic E-state index is 2.58. The second-order valence-corrected chi connectivity index (χ2v) is 20.6. The van der Waals surface area contributed by atoms with Gasteiger partial charge >= 0.3 is 263 Å². The molecule has 0 spiro atoms. The quantitative estimate of drug-likeness (QED) is 0.247. The number of hydrogen-bond acceptors (Lipinski definition) is 0. The Morgan fingerprint density at radius 3 is 1.80 bits per heavy atom. The summed E-state index contributed by atoms with van der Waals surface area (Å²) in [5, 5.41) is 0. The van der Waals surface area contributed by atoms with Crippen LogP contribution in [0, 0.1) is 0 Å². The molecule has 226 valence electrons. The molecule has 0 bridgehead atoms. The van der Waals surface area contributed by atoms with Gasteiger partial charge in [-0.2, -0.15) is 0 Å². The van der Waals surface area contributed by atoms with Gasteiger partial charge in [0.25, 0.3) is 0 Å². The molecule has 0 unspecified atom stereocenters. The van der Waals surface area contributed by atoms with Crippen molar-refractivity contribution in [3.8, 4) is 11.1 Å². The molecule has 0 nitrogen and oxygen atoms in total. The van der Waals surface area contributed by atoms with Gasteiger partial charge in [-0.3, -0.25) is 0 Å². The smallest absolute Gasteiger partial charge is 1.00 e. The Bertz CT molecular complexity index is 1670. The van der Waals surface area contributed by atoms with Gasteiger partial charge in [-0.1, -0.05) is 0 Å². The molecule has 4 aromatic carbocycles. The van der Waals surface area contributed by atoms with Gasteiger partial charge in [-0.15, -0.1) is 0 Å². The maximum Gasteiger partial charge on any atom is -1.00 e. The first kappa shape index (κ1) is 34.9. The number of allylic oxidation sites excluding steroid dienone is 4. The van der Waals surface area contributed by atoms with E-state index in [2.05, 4.69) is 151 Å². The fourth-order valence-corrected chi connectivity index (χ4v) is 15.9. The van der Waals surface area contributed by atoms with Crippen LogP contribution in [0.4, 0.5) is 0 Å². The fourth-order valence-electron chi connectivity index (χ4n) is 6.77. The summed E-state index contributed by atoms with van der Waals surface area (Å²) < 4.78 is 5.27. The molecule has 0 heterocycles. The summed E-state index contributed by atoms with van der Waals surface area (Å²) in [5.41, 5.74) is 12.2. The third-order valence-corrected chi connectivity index (χ3v) is 16.7. The molecular weight excluding hydrogens is 743 g/mol. The molecule has 0 saturated heterocycles. The molecular formula is C41H44Br2Zr. The molecule has 0 N–H and O–H groups in total. The van der Waals surface area contributed by atoms with E-state index in [-0.39, 0.29) is 44.8 Å². The van der Waals surface area contributed by atoms with Crippen molar-refractivity contribution < 1.29 is 55.2 Å². The maximum atomic E-state index is 2.51. The molecule has 6 rings (SSSR count). The van der Waals surface area contributed by atoms with Gasteiger partial charge in [0.2, 0.25) is 0 Å². The van der Waals surface area contributed by atoms with Gasteiger partial charge < -0.3 is 34.0 Å². The Balaban J connectivity index is 0.00000221. The molecule has 44 heavy (non-hydrogen) atoms. The summed E-state index contributed by atoms with van der Waals surface area (Å²) in [6, 6.07) is 34.7. The predicted octanol–water partition coefficient (Wildman–Crippen LogP) is 3.61. The fraction of sp³-hybridized carbons (Fsp3) is 0.293. The van der Waals surface area contributed by atoms with Crippen LogP contribution in [0.1, 0.15) is 81.3 Å². The average molecular weight is 788 g/mol. The van der Waals surface area contributed by atoms with Crippen LogP contribution in [-0.4, -0.2) is 3.21 Å². The van der Waals surface area contributed by atoms with Crippen LogP contribution in [0.5, 0.6) is 0 Å². The van der Waals surface area contributed by atoms with Gasteiger partial charge in [0.05, 0.1) is 0 Å². The molecule has 0 atom stereocenters. The number of benzene rings is 4. The Hall–Kier alpha value is -1.93. The first-order valence-electron chi connectivity index (χ1n) is 15.6. The standard InChI is InChI=1S/C21H25.C15H14.C5H5.2BrH.Zr/c1-20(2,3)16-7-9-18-14(12-16)11-15-13-17(21(4,5)6)8-10-19(15)18;1-3-8-14(9-4-1)12-7-13-15-10-5-2-6-11-15;1-2-4-5-3-1;;;/h7-10,12H,11H2,1-6H3;1-6,8-11H,12-13H2;1-3H,4H2;2*1H;/q;;;;;+2/p-2. The first-order valence-corrected chi connectivity index (χ1v) is 19.2. The summed E-state index contributed by atoms with van der Waals surface area (Å²) in [6.07, 6.45) is 11.5. The second-order valence-electron chi connectivity index (χ2n) is 14.2. The SMILES string of the molecule is CC(C)(C)c1ccc2c(c1)Cc1c-2ccc(C(C)(C)C)[c]1[Zr+2]([C]1=CC=CC1)=[C](Cc1ccccc1)Cc1ccccc1.[Br-].[Br-]. The van der Waals surface area contributed by atoms with Crippen molar-refractivity contribution in [3.63, 3.8) is 0 Å². The average Bonchev–Trinajstić information content (AvgIpc) is 3.61. The van der Waals surface area contributed by atoms with E-state index in [1.54, 1.807) is 20.9 Å². The van der Waals surface area contributed by atoms with Crippen molar-refractivity contribution in [3.05, 3.63) is 146 Å². The largest absolute Gasteiger partial charge is 1.00 e. The van der Waals surface area contributed by atoms with E-state index < -0.39 is 21.3 Å². The molecule has 2 aliphatic carbocycles. The molecule has 3 heteroatoms. The minimum atomic E-state index is -2.58. The van der Waals surface area contributed by atoms with Crippen LogP contribution in [0.25, 0.3) is 11.1 Å². The van der Waals surface area contributed by atoms with Crippen LogP contribution in [0.15, 0.2) is 113 Å². The monoisotopic (exact) mass is 784 g/mol. The van der Waals surface area contributed by atoms with Crippen molar-refractivity contribution in [2.24, 2.45) is 0 Å². The number of rotatable bonds is 6. The number of hydrogen-bond donors (Lipinski definition) is 0. The molecule has 0 fully saturated rings. The zero-order valence-electron chi connectivity index (χ0n) is 27.0. The Kier molecular flexibility index (Phi) is 11.3. The van der Waals surface area contributed by atoms with Gasteiger partial charge in [-0.25, -0.2) is 0 Å². The van der Waals surface area contributed by atoms with Crippen molar-refractivity contribution in [2.75, 3.05) is 0 Å². The van der Waals surface area contributed by atoms with E-state index in [1.807, 2.05) is 0 Å². The van der Waals surface area contributed by atoms with Gasteiger partial charge in [0.15, 0.2) is 0 Å². The Labute approximate surface area is 294 Å². The van der Waals surface area contributed by atoms with E-state index in [4.69, 9.17) is 0 Å². The van der Waals surface area contributed by atoms with Crippen molar-refractivity contribution in [1.29, 1.82) is 0 Å². The molecule has 0 aliphatic heterocycles. The molecule has 0 amide bonds. The third-order valence-electron chi connectivity index (χ3n) is 8.97. The second kappa shape index (κ2) is 14.2. The van der Waals surface area contributed by atoms with Crippen LogP contribution < -0.4 is 37.2 Å². The van der Waals surface area contributed by atoms with Crippen molar-refractivity contribution in [1.82, 2.24) is 0 Å². The zero-order valence-corrected chi connectivity index (χ0v) is 32.6. The topological polar surface area (TPSA) is 0 Å². The van der Waals surface area contributed by atoms with E-state index in [9.17, 15) is 0 Å². The van der Waals surface area contributed by atoms with Crippen LogP contribution >= 0.6 is 0 Å². The number of halogens is 2. The Morgan fingerprint density at radius 2 is 1.27 bits per heavy atom. The summed E-state index contributed by atoms with van der Waals surface area (Å²) in [5.74, 6) is 0.